The van der Waals surface area contributed by atoms with Crippen LogP contribution in [0.25, 0.3) is 0 Å². The molecule has 2 atom stereocenters. The molecule has 2 rings (SSSR count). The molecule has 1 saturated heterocycles. The number of alkyl halides is 1. The van der Waals surface area contributed by atoms with Crippen molar-refractivity contribution in [3.63, 3.8) is 0 Å². The third-order valence-electron chi connectivity index (χ3n) is 2.30. The normalized spacial score (nSPS) is 24.6. The van der Waals surface area contributed by atoms with Crippen molar-refractivity contribution in [2.45, 2.75) is 12.4 Å². The van der Waals surface area contributed by atoms with Crippen LogP contribution in [0.4, 0.5) is 5.69 Å². The Labute approximate surface area is 97.1 Å². The molecule has 1 aliphatic rings. The number of non-ortho nitro benzene ring substituents is 1. The second kappa shape index (κ2) is 4.78. The van der Waals surface area contributed by atoms with E-state index in [9.17, 15) is 10.1 Å². The van der Waals surface area contributed by atoms with Crippen LogP contribution in [0.15, 0.2) is 24.3 Å². The Bertz CT molecular complexity index is 381. The van der Waals surface area contributed by atoms with E-state index in [4.69, 9.17) is 21.1 Å². The van der Waals surface area contributed by atoms with Crippen LogP contribution in [0.2, 0.25) is 0 Å². The van der Waals surface area contributed by atoms with Crippen molar-refractivity contribution in [3.05, 3.63) is 39.9 Å². The summed E-state index contributed by atoms with van der Waals surface area (Å²) in [5.41, 5.74) is 0.814. The molecule has 6 heteroatoms. The zero-order chi connectivity index (χ0) is 11.5. The number of hydrogen-bond donors (Lipinski definition) is 0. The highest BCUT2D eigenvalue weighted by molar-refractivity contribution is 6.18. The minimum atomic E-state index is -0.468. The Balaban J connectivity index is 2.08. The van der Waals surface area contributed by atoms with Gasteiger partial charge in [0.05, 0.1) is 23.5 Å². The summed E-state index contributed by atoms with van der Waals surface area (Å²) < 4.78 is 10.8. The molecule has 1 aromatic carbocycles. The first kappa shape index (κ1) is 11.3. The van der Waals surface area contributed by atoms with Crippen LogP contribution in [0.3, 0.4) is 0 Å². The lowest BCUT2D eigenvalue weighted by Gasteiger charge is -2.09. The van der Waals surface area contributed by atoms with Crippen molar-refractivity contribution < 1.29 is 14.4 Å². The summed E-state index contributed by atoms with van der Waals surface area (Å²) in [5, 5.41) is 10.5. The van der Waals surface area contributed by atoms with Crippen molar-refractivity contribution in [3.8, 4) is 0 Å². The van der Waals surface area contributed by atoms with Gasteiger partial charge in [-0.05, 0) is 12.1 Å². The number of nitro benzene ring substituents is 1. The molecule has 1 aromatic rings. The molecule has 2 unspecified atom stereocenters. The van der Waals surface area contributed by atoms with Gasteiger partial charge in [0.15, 0.2) is 6.29 Å². The molecule has 0 bridgehead atoms. The van der Waals surface area contributed by atoms with Gasteiger partial charge in [-0.3, -0.25) is 10.1 Å². The van der Waals surface area contributed by atoms with Gasteiger partial charge in [-0.1, -0.05) is 0 Å². The molecular weight excluding hydrogens is 234 g/mol. The van der Waals surface area contributed by atoms with Crippen LogP contribution >= 0.6 is 11.6 Å². The van der Waals surface area contributed by atoms with Crippen molar-refractivity contribution in [1.29, 1.82) is 0 Å². The molecule has 1 heterocycles. The summed E-state index contributed by atoms with van der Waals surface area (Å²) in [6.07, 6.45) is -0.577. The Kier molecular flexibility index (Phi) is 3.38. The first-order valence-electron chi connectivity index (χ1n) is 4.78. The third kappa shape index (κ3) is 2.32. The van der Waals surface area contributed by atoms with Gasteiger partial charge in [0.2, 0.25) is 0 Å². The van der Waals surface area contributed by atoms with E-state index in [0.717, 1.165) is 5.56 Å². The summed E-state index contributed by atoms with van der Waals surface area (Å²) in [6, 6.07) is 6.10. The minimum absolute atomic E-state index is 0.0515. The zero-order valence-corrected chi connectivity index (χ0v) is 9.09. The fraction of sp³-hybridized carbons (Fsp3) is 0.400. The first-order valence-corrected chi connectivity index (χ1v) is 5.31. The molecule has 5 nitrogen and oxygen atoms in total. The number of rotatable bonds is 3. The summed E-state index contributed by atoms with van der Waals surface area (Å²) in [7, 11) is 0. The van der Waals surface area contributed by atoms with E-state index >= 15 is 0 Å². The maximum absolute atomic E-state index is 10.5. The third-order valence-corrected chi connectivity index (χ3v) is 2.64. The van der Waals surface area contributed by atoms with Crippen LogP contribution in [-0.2, 0) is 9.47 Å². The SMILES string of the molecule is O=[N+]([O-])c1ccc(C2OCC(CCl)O2)cc1. The van der Waals surface area contributed by atoms with Crippen LogP contribution in [-0.4, -0.2) is 23.5 Å². The Hall–Kier alpha value is -1.17. The number of ether oxygens (including phenoxy) is 2. The number of hydrogen-bond acceptors (Lipinski definition) is 4. The van der Waals surface area contributed by atoms with E-state index in [0.29, 0.717) is 12.5 Å². The van der Waals surface area contributed by atoms with Gasteiger partial charge in [-0.25, -0.2) is 0 Å². The Morgan fingerprint density at radius 3 is 2.62 bits per heavy atom. The summed E-state index contributed by atoms with van der Waals surface area (Å²) in [6.45, 7) is 0.450. The average Bonchev–Trinajstić information content (AvgIpc) is 2.77. The van der Waals surface area contributed by atoms with Crippen molar-refractivity contribution in [2.24, 2.45) is 0 Å². The highest BCUT2D eigenvalue weighted by atomic mass is 35.5. The topological polar surface area (TPSA) is 61.6 Å². The first-order chi connectivity index (χ1) is 7.70. The van der Waals surface area contributed by atoms with Crippen molar-refractivity contribution in [1.82, 2.24) is 0 Å². The summed E-state index contributed by atoms with van der Waals surface area (Å²) in [5.74, 6) is 0.378. The van der Waals surface area contributed by atoms with Crippen LogP contribution < -0.4 is 0 Å². The van der Waals surface area contributed by atoms with E-state index in [1.165, 1.54) is 12.1 Å². The lowest BCUT2D eigenvalue weighted by Crippen LogP contribution is -2.10. The molecule has 0 radical (unpaired) electrons. The van der Waals surface area contributed by atoms with Crippen molar-refractivity contribution >= 4 is 17.3 Å². The highest BCUT2D eigenvalue weighted by Gasteiger charge is 2.26. The second-order valence-electron chi connectivity index (χ2n) is 3.43. The average molecular weight is 244 g/mol. The zero-order valence-electron chi connectivity index (χ0n) is 8.34. The quantitative estimate of drug-likeness (QED) is 0.464. The molecule has 0 saturated carbocycles. The molecule has 1 aliphatic heterocycles. The van der Waals surface area contributed by atoms with E-state index in [-0.39, 0.29) is 11.8 Å². The largest absolute Gasteiger partial charge is 0.346 e. The molecule has 0 aromatic heterocycles. The number of benzene rings is 1. The predicted octanol–water partition coefficient (Wildman–Crippen LogP) is 2.25. The van der Waals surface area contributed by atoms with Crippen LogP contribution in [0.1, 0.15) is 11.9 Å². The molecule has 1 fully saturated rings. The van der Waals surface area contributed by atoms with E-state index in [1.54, 1.807) is 12.1 Å². The van der Waals surface area contributed by atoms with Crippen LogP contribution in [0, 0.1) is 10.1 Å². The molecule has 86 valence electrons. The molecular formula is C10H10ClNO4. The summed E-state index contributed by atoms with van der Waals surface area (Å²) in [4.78, 5) is 10.0. The lowest BCUT2D eigenvalue weighted by atomic mass is 10.2. The fourth-order valence-electron chi connectivity index (χ4n) is 1.46. The number of nitrogens with zero attached hydrogens (tertiary/aromatic N) is 1. The van der Waals surface area contributed by atoms with Gasteiger partial charge in [0, 0.05) is 17.7 Å². The Morgan fingerprint density at radius 2 is 2.12 bits per heavy atom. The standard InChI is InChI=1S/C10H10ClNO4/c11-5-9-6-15-10(16-9)7-1-3-8(4-2-7)12(13)14/h1-4,9-10H,5-6H2. The van der Waals surface area contributed by atoms with E-state index in [1.807, 2.05) is 0 Å². The van der Waals surface area contributed by atoms with Gasteiger partial charge in [-0.15, -0.1) is 11.6 Å². The van der Waals surface area contributed by atoms with Crippen molar-refractivity contribution in [2.75, 3.05) is 12.5 Å². The maximum Gasteiger partial charge on any atom is 0.269 e. The van der Waals surface area contributed by atoms with Gasteiger partial charge in [0.1, 0.15) is 0 Å². The molecule has 0 spiro atoms. The monoisotopic (exact) mass is 243 g/mol. The summed E-state index contributed by atoms with van der Waals surface area (Å²) >= 11 is 5.63. The highest BCUT2D eigenvalue weighted by Crippen LogP contribution is 2.28. The molecule has 0 amide bonds. The van der Waals surface area contributed by atoms with Crippen LogP contribution in [0.5, 0.6) is 0 Å². The van der Waals surface area contributed by atoms with Gasteiger partial charge in [-0.2, -0.15) is 0 Å². The van der Waals surface area contributed by atoms with E-state index in [2.05, 4.69) is 0 Å². The predicted molar refractivity (Wildman–Crippen MR) is 57.4 cm³/mol. The maximum atomic E-state index is 10.5. The van der Waals surface area contributed by atoms with Gasteiger partial charge in [0.25, 0.3) is 5.69 Å². The minimum Gasteiger partial charge on any atom is -0.346 e. The smallest absolute Gasteiger partial charge is 0.269 e. The van der Waals surface area contributed by atoms with Gasteiger partial charge < -0.3 is 9.47 Å². The fourth-order valence-corrected chi connectivity index (χ4v) is 1.62. The van der Waals surface area contributed by atoms with E-state index < -0.39 is 11.2 Å². The lowest BCUT2D eigenvalue weighted by molar-refractivity contribution is -0.384. The molecule has 0 aliphatic carbocycles. The Morgan fingerprint density at radius 1 is 1.44 bits per heavy atom. The number of halogens is 1. The second-order valence-corrected chi connectivity index (χ2v) is 3.73. The van der Waals surface area contributed by atoms with Gasteiger partial charge >= 0.3 is 0 Å². The number of nitro groups is 1. The molecule has 16 heavy (non-hydrogen) atoms. The molecule has 0 N–H and O–H groups in total.